The van der Waals surface area contributed by atoms with Gasteiger partial charge in [0.1, 0.15) is 11.8 Å². The fraction of sp³-hybridized carbons (Fsp3) is 0.438. The molecule has 1 fully saturated rings. The Morgan fingerprint density at radius 3 is 2.78 bits per heavy atom. The molecule has 1 atom stereocenters. The van der Waals surface area contributed by atoms with Crippen molar-refractivity contribution in [1.82, 2.24) is 4.90 Å². The molecule has 7 heteroatoms. The highest BCUT2D eigenvalue weighted by Crippen LogP contribution is 2.17. The number of piperidine rings is 1. The summed E-state index contributed by atoms with van der Waals surface area (Å²) in [6.45, 7) is 0.0307. The molecule has 1 aliphatic heterocycles. The maximum Gasteiger partial charge on any atom is 0.338 e. The van der Waals surface area contributed by atoms with Crippen LogP contribution in [0.1, 0.15) is 29.6 Å². The first-order valence-corrected chi connectivity index (χ1v) is 7.43. The molecule has 0 aliphatic carbocycles. The van der Waals surface area contributed by atoms with E-state index < -0.39 is 30.4 Å². The van der Waals surface area contributed by atoms with Crippen LogP contribution in [0, 0.1) is 0 Å². The van der Waals surface area contributed by atoms with Gasteiger partial charge < -0.3 is 20.1 Å². The van der Waals surface area contributed by atoms with Crippen molar-refractivity contribution in [3.8, 4) is 5.75 Å². The van der Waals surface area contributed by atoms with Crippen LogP contribution in [0.2, 0.25) is 0 Å². The molecule has 1 aromatic carbocycles. The largest absolute Gasteiger partial charge is 0.497 e. The molecule has 1 saturated heterocycles. The number of nitrogens with two attached hydrogens (primary N) is 1. The van der Waals surface area contributed by atoms with E-state index in [2.05, 4.69) is 0 Å². The number of ether oxygens (including phenoxy) is 2. The third kappa shape index (κ3) is 4.21. The molecule has 2 amide bonds. The van der Waals surface area contributed by atoms with Gasteiger partial charge in [-0.05, 0) is 37.5 Å². The van der Waals surface area contributed by atoms with Crippen molar-refractivity contribution in [2.75, 3.05) is 20.3 Å². The number of rotatable bonds is 5. The van der Waals surface area contributed by atoms with E-state index in [1.807, 2.05) is 0 Å². The molecule has 1 aliphatic rings. The molecule has 0 unspecified atom stereocenters. The van der Waals surface area contributed by atoms with Crippen LogP contribution in [0.3, 0.4) is 0 Å². The Labute approximate surface area is 134 Å². The minimum Gasteiger partial charge on any atom is -0.497 e. The molecule has 0 saturated carbocycles. The zero-order valence-corrected chi connectivity index (χ0v) is 13.0. The standard InChI is InChI=1S/C16H20N2O5/c1-22-12-6-4-5-11(9-12)16(21)23-10-14(19)18-8-3-2-7-13(18)15(17)20/h4-6,9,13H,2-3,7-8,10H2,1H3,(H2,17,20)/t13-/m0/s1. The smallest absolute Gasteiger partial charge is 0.338 e. The first-order chi connectivity index (χ1) is 11.0. The van der Waals surface area contributed by atoms with Crippen LogP contribution in [0.4, 0.5) is 0 Å². The minimum atomic E-state index is -0.620. The lowest BCUT2D eigenvalue weighted by Crippen LogP contribution is -2.51. The van der Waals surface area contributed by atoms with E-state index >= 15 is 0 Å². The van der Waals surface area contributed by atoms with Gasteiger partial charge in [0.15, 0.2) is 6.61 Å². The van der Waals surface area contributed by atoms with E-state index in [0.717, 1.165) is 12.8 Å². The van der Waals surface area contributed by atoms with Crippen molar-refractivity contribution in [3.63, 3.8) is 0 Å². The molecular formula is C16H20N2O5. The van der Waals surface area contributed by atoms with Crippen LogP contribution in [-0.2, 0) is 14.3 Å². The van der Waals surface area contributed by atoms with E-state index in [1.54, 1.807) is 18.2 Å². The quantitative estimate of drug-likeness (QED) is 0.806. The summed E-state index contributed by atoms with van der Waals surface area (Å²) in [5, 5.41) is 0. The Morgan fingerprint density at radius 1 is 1.30 bits per heavy atom. The third-order valence-corrected chi connectivity index (χ3v) is 3.78. The number of carbonyl (C=O) groups excluding carboxylic acids is 3. The minimum absolute atomic E-state index is 0.294. The number of hydrogen-bond donors (Lipinski definition) is 1. The first-order valence-electron chi connectivity index (χ1n) is 7.43. The number of benzene rings is 1. The van der Waals surface area contributed by atoms with Crippen molar-refractivity contribution in [2.24, 2.45) is 5.73 Å². The first kappa shape index (κ1) is 16.8. The normalized spacial score (nSPS) is 17.4. The van der Waals surface area contributed by atoms with Crippen molar-refractivity contribution in [1.29, 1.82) is 0 Å². The van der Waals surface area contributed by atoms with Gasteiger partial charge in [-0.15, -0.1) is 0 Å². The highest BCUT2D eigenvalue weighted by Gasteiger charge is 2.31. The highest BCUT2D eigenvalue weighted by atomic mass is 16.5. The van der Waals surface area contributed by atoms with Crippen LogP contribution in [0.5, 0.6) is 5.75 Å². The summed E-state index contributed by atoms with van der Waals surface area (Å²) in [4.78, 5) is 37.0. The van der Waals surface area contributed by atoms with Crippen LogP contribution in [0.25, 0.3) is 0 Å². The average molecular weight is 320 g/mol. The topological polar surface area (TPSA) is 98.9 Å². The van der Waals surface area contributed by atoms with Crippen molar-refractivity contribution < 1.29 is 23.9 Å². The van der Waals surface area contributed by atoms with E-state index in [0.29, 0.717) is 24.3 Å². The Hall–Kier alpha value is -2.57. The molecule has 0 bridgehead atoms. The summed E-state index contributed by atoms with van der Waals surface area (Å²) in [6, 6.07) is 5.84. The highest BCUT2D eigenvalue weighted by molar-refractivity contribution is 5.92. The van der Waals surface area contributed by atoms with Crippen molar-refractivity contribution >= 4 is 17.8 Å². The second-order valence-corrected chi connectivity index (χ2v) is 5.31. The predicted molar refractivity (Wildman–Crippen MR) is 81.8 cm³/mol. The summed E-state index contributed by atoms with van der Waals surface area (Å²) >= 11 is 0. The van der Waals surface area contributed by atoms with Gasteiger partial charge in [0.25, 0.3) is 5.91 Å². The molecule has 7 nitrogen and oxygen atoms in total. The summed E-state index contributed by atoms with van der Waals surface area (Å²) in [6.07, 6.45) is 2.20. The average Bonchev–Trinajstić information content (AvgIpc) is 2.59. The number of nitrogens with zero attached hydrogens (tertiary/aromatic N) is 1. The Balaban J connectivity index is 1.94. The van der Waals surface area contributed by atoms with Gasteiger partial charge in [-0.3, -0.25) is 9.59 Å². The van der Waals surface area contributed by atoms with Gasteiger partial charge in [0, 0.05) is 6.54 Å². The maximum absolute atomic E-state index is 12.2. The van der Waals surface area contributed by atoms with Gasteiger partial charge in [0.2, 0.25) is 5.91 Å². The molecule has 0 radical (unpaired) electrons. The molecule has 1 aromatic rings. The monoisotopic (exact) mass is 320 g/mol. The molecule has 0 aromatic heterocycles. The number of carbonyl (C=O) groups is 3. The Morgan fingerprint density at radius 2 is 2.09 bits per heavy atom. The molecule has 23 heavy (non-hydrogen) atoms. The Bertz CT molecular complexity index is 602. The fourth-order valence-corrected chi connectivity index (χ4v) is 2.57. The number of primary amides is 1. The summed E-state index contributed by atoms with van der Waals surface area (Å²) < 4.78 is 10.1. The van der Waals surface area contributed by atoms with E-state index in [9.17, 15) is 14.4 Å². The second kappa shape index (κ2) is 7.62. The zero-order chi connectivity index (χ0) is 16.8. The lowest BCUT2D eigenvalue weighted by Gasteiger charge is -2.33. The van der Waals surface area contributed by atoms with Crippen LogP contribution >= 0.6 is 0 Å². The molecule has 1 heterocycles. The maximum atomic E-state index is 12.2. The molecule has 2 rings (SSSR count). The zero-order valence-electron chi connectivity index (χ0n) is 13.0. The summed E-state index contributed by atoms with van der Waals surface area (Å²) in [5.41, 5.74) is 5.61. The number of likely N-dealkylation sites (tertiary alicyclic amines) is 1. The number of amides is 2. The van der Waals surface area contributed by atoms with Gasteiger partial charge in [0.05, 0.1) is 12.7 Å². The van der Waals surface area contributed by atoms with Crippen molar-refractivity contribution in [2.45, 2.75) is 25.3 Å². The predicted octanol–water partition coefficient (Wildman–Crippen LogP) is 0.718. The van der Waals surface area contributed by atoms with Gasteiger partial charge in [-0.2, -0.15) is 0 Å². The third-order valence-electron chi connectivity index (χ3n) is 3.78. The number of hydrogen-bond acceptors (Lipinski definition) is 5. The van der Waals surface area contributed by atoms with Crippen LogP contribution in [0.15, 0.2) is 24.3 Å². The number of methoxy groups -OCH3 is 1. The lowest BCUT2D eigenvalue weighted by molar-refractivity contribution is -0.143. The van der Waals surface area contributed by atoms with Crippen LogP contribution in [-0.4, -0.2) is 49.0 Å². The molecule has 0 spiro atoms. The Kier molecular flexibility index (Phi) is 5.56. The summed E-state index contributed by atoms with van der Waals surface area (Å²) in [5.74, 6) is -1.04. The molecular weight excluding hydrogens is 300 g/mol. The van der Waals surface area contributed by atoms with Gasteiger partial charge >= 0.3 is 5.97 Å². The van der Waals surface area contributed by atoms with E-state index in [-0.39, 0.29) is 0 Å². The van der Waals surface area contributed by atoms with Crippen molar-refractivity contribution in [3.05, 3.63) is 29.8 Å². The van der Waals surface area contributed by atoms with Gasteiger partial charge in [-0.25, -0.2) is 4.79 Å². The second-order valence-electron chi connectivity index (χ2n) is 5.31. The fourth-order valence-electron chi connectivity index (χ4n) is 2.57. The van der Waals surface area contributed by atoms with E-state index in [4.69, 9.17) is 15.2 Å². The molecule has 124 valence electrons. The SMILES string of the molecule is COc1cccc(C(=O)OCC(=O)N2CCCC[C@H]2C(N)=O)c1. The summed E-state index contributed by atoms with van der Waals surface area (Å²) in [7, 11) is 1.49. The lowest BCUT2D eigenvalue weighted by atomic mass is 10.0. The van der Waals surface area contributed by atoms with Crippen LogP contribution < -0.4 is 10.5 Å². The molecule has 2 N–H and O–H groups in total. The van der Waals surface area contributed by atoms with Gasteiger partial charge in [-0.1, -0.05) is 6.07 Å². The van der Waals surface area contributed by atoms with E-state index in [1.165, 1.54) is 18.1 Å². The number of esters is 1.